The first-order valence-electron chi connectivity index (χ1n) is 10.6. The van der Waals surface area contributed by atoms with E-state index in [4.69, 9.17) is 9.47 Å². The van der Waals surface area contributed by atoms with Gasteiger partial charge in [0.1, 0.15) is 17.2 Å². The summed E-state index contributed by atoms with van der Waals surface area (Å²) >= 11 is 0. The average Bonchev–Trinajstić information content (AvgIpc) is 2.75. The van der Waals surface area contributed by atoms with Crippen LogP contribution < -0.4 is 10.1 Å². The summed E-state index contributed by atoms with van der Waals surface area (Å²) in [6, 6.07) is 17.4. The van der Waals surface area contributed by atoms with Gasteiger partial charge in [-0.15, -0.1) is 0 Å². The molecule has 1 amide bonds. The summed E-state index contributed by atoms with van der Waals surface area (Å²) in [5, 5.41) is 2.68. The fourth-order valence-electron chi connectivity index (χ4n) is 3.42. The lowest BCUT2D eigenvalue weighted by Crippen LogP contribution is -2.27. The maximum absolute atomic E-state index is 15.6. The van der Waals surface area contributed by atoms with Crippen molar-refractivity contribution in [3.63, 3.8) is 0 Å². The van der Waals surface area contributed by atoms with Crippen LogP contribution in [0.2, 0.25) is 0 Å². The number of rotatable bonds is 6. The molecule has 0 saturated carbocycles. The summed E-state index contributed by atoms with van der Waals surface area (Å²) in [6.07, 6.45) is -0.184. The number of methoxy groups -OCH3 is 1. The molecule has 3 aromatic carbocycles. The first-order valence-corrected chi connectivity index (χ1v) is 10.6. The summed E-state index contributed by atoms with van der Waals surface area (Å²) < 4.78 is 26.2. The van der Waals surface area contributed by atoms with Gasteiger partial charge in [-0.3, -0.25) is 10.1 Å². The molecule has 6 heteroatoms. The Morgan fingerprint density at radius 2 is 1.70 bits per heavy atom. The molecule has 0 radical (unpaired) electrons. The fraction of sp³-hybridized carbons (Fsp3) is 0.259. The van der Waals surface area contributed by atoms with Crippen LogP contribution in [-0.2, 0) is 11.2 Å². The maximum atomic E-state index is 15.6. The Balaban J connectivity index is 1.85. The predicted octanol–water partition coefficient (Wildman–Crippen LogP) is 6.64. The van der Waals surface area contributed by atoms with Crippen LogP contribution in [0.4, 0.5) is 14.9 Å². The molecule has 0 aromatic heterocycles. The molecular weight excluding hydrogens is 421 g/mol. The molecule has 0 atom stereocenters. The molecule has 0 aliphatic carbocycles. The van der Waals surface area contributed by atoms with Gasteiger partial charge in [0.05, 0.1) is 12.7 Å². The second-order valence-electron chi connectivity index (χ2n) is 8.75. The number of halogens is 1. The van der Waals surface area contributed by atoms with E-state index in [2.05, 4.69) is 5.32 Å². The van der Waals surface area contributed by atoms with E-state index in [0.29, 0.717) is 40.1 Å². The van der Waals surface area contributed by atoms with Crippen LogP contribution in [0.15, 0.2) is 60.7 Å². The van der Waals surface area contributed by atoms with Crippen LogP contribution in [0.3, 0.4) is 0 Å². The summed E-state index contributed by atoms with van der Waals surface area (Å²) in [5.41, 5.74) is 2.77. The quantitative estimate of drug-likeness (QED) is 0.428. The highest BCUT2D eigenvalue weighted by Gasteiger charge is 2.18. The Morgan fingerprint density at radius 1 is 1.00 bits per heavy atom. The standard InChI is InChI=1S/C27H28FNO4/c1-17(30)19-7-6-8-20(16-19)24-23(32-5)14-11-21(25(24)28)15-18-9-12-22(13-10-18)29-26(31)33-27(2,3)4/h6-14,16H,15H2,1-5H3,(H,29,31). The van der Waals surface area contributed by atoms with Gasteiger partial charge < -0.3 is 9.47 Å². The van der Waals surface area contributed by atoms with Gasteiger partial charge in [0.25, 0.3) is 0 Å². The number of benzene rings is 3. The number of hydrogen-bond acceptors (Lipinski definition) is 4. The highest BCUT2D eigenvalue weighted by Crippen LogP contribution is 2.35. The molecule has 0 unspecified atom stereocenters. The van der Waals surface area contributed by atoms with E-state index in [1.165, 1.54) is 14.0 Å². The Bertz CT molecular complexity index is 1160. The van der Waals surface area contributed by atoms with E-state index >= 15 is 4.39 Å². The van der Waals surface area contributed by atoms with Crippen molar-refractivity contribution in [2.45, 2.75) is 39.7 Å². The Morgan fingerprint density at radius 3 is 2.30 bits per heavy atom. The molecule has 0 fully saturated rings. The van der Waals surface area contributed by atoms with Crippen molar-refractivity contribution < 1.29 is 23.5 Å². The van der Waals surface area contributed by atoms with Gasteiger partial charge >= 0.3 is 6.09 Å². The molecule has 0 aliphatic heterocycles. The van der Waals surface area contributed by atoms with E-state index in [-0.39, 0.29) is 5.78 Å². The third-order valence-electron chi connectivity index (χ3n) is 4.96. The molecule has 0 bridgehead atoms. The zero-order chi connectivity index (χ0) is 24.2. The van der Waals surface area contributed by atoms with Gasteiger partial charge in [-0.2, -0.15) is 0 Å². The number of carbonyl (C=O) groups excluding carboxylic acids is 2. The molecular formula is C27H28FNO4. The zero-order valence-corrected chi connectivity index (χ0v) is 19.5. The number of ketones is 1. The lowest BCUT2D eigenvalue weighted by Gasteiger charge is -2.19. The molecule has 0 heterocycles. The predicted molar refractivity (Wildman–Crippen MR) is 127 cm³/mol. The third kappa shape index (κ3) is 6.19. The van der Waals surface area contributed by atoms with Crippen LogP contribution in [0.5, 0.6) is 5.75 Å². The third-order valence-corrected chi connectivity index (χ3v) is 4.96. The van der Waals surface area contributed by atoms with Gasteiger partial charge in [-0.25, -0.2) is 9.18 Å². The Hall–Kier alpha value is -3.67. The Kier molecular flexibility index (Phi) is 7.16. The second-order valence-corrected chi connectivity index (χ2v) is 8.75. The maximum Gasteiger partial charge on any atom is 0.412 e. The van der Waals surface area contributed by atoms with Crippen LogP contribution in [-0.4, -0.2) is 24.6 Å². The molecule has 3 aromatic rings. The minimum atomic E-state index is -0.586. The number of anilines is 1. The smallest absolute Gasteiger partial charge is 0.412 e. The van der Waals surface area contributed by atoms with Crippen molar-refractivity contribution in [2.24, 2.45) is 0 Å². The number of carbonyl (C=O) groups is 2. The fourth-order valence-corrected chi connectivity index (χ4v) is 3.42. The zero-order valence-electron chi connectivity index (χ0n) is 19.5. The lowest BCUT2D eigenvalue weighted by atomic mass is 9.95. The summed E-state index contributed by atoms with van der Waals surface area (Å²) in [5.74, 6) is -0.0904. The number of hydrogen-bond donors (Lipinski definition) is 1. The molecule has 5 nitrogen and oxygen atoms in total. The van der Waals surface area contributed by atoms with Crippen molar-refractivity contribution in [1.82, 2.24) is 0 Å². The van der Waals surface area contributed by atoms with Gasteiger partial charge in [-0.05, 0) is 68.7 Å². The minimum Gasteiger partial charge on any atom is -0.496 e. The van der Waals surface area contributed by atoms with Gasteiger partial charge in [0.2, 0.25) is 0 Å². The van der Waals surface area contributed by atoms with E-state index < -0.39 is 17.5 Å². The van der Waals surface area contributed by atoms with Crippen LogP contribution in [0.25, 0.3) is 11.1 Å². The normalized spacial score (nSPS) is 11.1. The number of amides is 1. The van der Waals surface area contributed by atoms with Crippen molar-refractivity contribution >= 4 is 17.6 Å². The topological polar surface area (TPSA) is 64.6 Å². The molecule has 1 N–H and O–H groups in total. The first kappa shape index (κ1) is 24.0. The summed E-state index contributed by atoms with van der Waals surface area (Å²) in [6.45, 7) is 6.86. The van der Waals surface area contributed by atoms with Crippen molar-refractivity contribution in [3.05, 3.63) is 83.2 Å². The van der Waals surface area contributed by atoms with E-state index in [0.717, 1.165) is 5.56 Å². The molecule has 3 rings (SSSR count). The molecule has 0 spiro atoms. The van der Waals surface area contributed by atoms with Crippen molar-refractivity contribution in [2.75, 3.05) is 12.4 Å². The number of Topliss-reactive ketones (excluding diaryl/α,β-unsaturated/α-hetero) is 1. The highest BCUT2D eigenvalue weighted by atomic mass is 19.1. The van der Waals surface area contributed by atoms with Gasteiger partial charge in [0, 0.05) is 17.7 Å². The van der Waals surface area contributed by atoms with Crippen LogP contribution in [0.1, 0.15) is 49.2 Å². The minimum absolute atomic E-state index is 0.0903. The molecule has 0 aliphatic rings. The molecule has 0 saturated heterocycles. The largest absolute Gasteiger partial charge is 0.496 e. The summed E-state index contributed by atoms with van der Waals surface area (Å²) in [7, 11) is 1.49. The lowest BCUT2D eigenvalue weighted by molar-refractivity contribution is 0.0635. The van der Waals surface area contributed by atoms with Crippen LogP contribution >= 0.6 is 0 Å². The van der Waals surface area contributed by atoms with E-state index in [9.17, 15) is 9.59 Å². The monoisotopic (exact) mass is 449 g/mol. The average molecular weight is 450 g/mol. The number of ether oxygens (including phenoxy) is 2. The van der Waals surface area contributed by atoms with Crippen LogP contribution in [0, 0.1) is 5.82 Å². The van der Waals surface area contributed by atoms with E-state index in [1.54, 1.807) is 69.3 Å². The van der Waals surface area contributed by atoms with Gasteiger partial charge in [-0.1, -0.05) is 36.4 Å². The first-order chi connectivity index (χ1) is 15.6. The Labute approximate surface area is 193 Å². The highest BCUT2D eigenvalue weighted by molar-refractivity contribution is 5.95. The second kappa shape index (κ2) is 9.86. The summed E-state index contributed by atoms with van der Waals surface area (Å²) in [4.78, 5) is 23.7. The molecule has 33 heavy (non-hydrogen) atoms. The number of nitrogens with one attached hydrogen (secondary N) is 1. The van der Waals surface area contributed by atoms with Crippen molar-refractivity contribution in [3.8, 4) is 16.9 Å². The molecule has 172 valence electrons. The van der Waals surface area contributed by atoms with Crippen molar-refractivity contribution in [1.29, 1.82) is 0 Å². The van der Waals surface area contributed by atoms with Gasteiger partial charge in [0.15, 0.2) is 5.78 Å². The van der Waals surface area contributed by atoms with E-state index in [1.807, 2.05) is 12.1 Å². The SMILES string of the molecule is COc1ccc(Cc2ccc(NC(=O)OC(C)(C)C)cc2)c(F)c1-c1cccc(C(C)=O)c1.